The van der Waals surface area contributed by atoms with E-state index in [0.717, 1.165) is 5.69 Å². The minimum atomic E-state index is -0.123. The van der Waals surface area contributed by atoms with Crippen molar-refractivity contribution < 1.29 is 14.3 Å². The zero-order chi connectivity index (χ0) is 14.3. The van der Waals surface area contributed by atoms with Gasteiger partial charge in [-0.25, -0.2) is 4.79 Å². The number of nitrogens with one attached hydrogen (secondary N) is 1. The first-order valence-electron chi connectivity index (χ1n) is 6.02. The third-order valence-corrected chi connectivity index (χ3v) is 2.42. The van der Waals surface area contributed by atoms with Gasteiger partial charge in [-0.1, -0.05) is 6.07 Å². The minimum absolute atomic E-state index is 0.123. The van der Waals surface area contributed by atoms with Crippen LogP contribution in [0, 0.1) is 0 Å². The van der Waals surface area contributed by atoms with Crippen LogP contribution in [0.4, 0.5) is 11.4 Å². The molecule has 5 heteroatoms. The Morgan fingerprint density at radius 1 is 1.47 bits per heavy atom. The highest BCUT2D eigenvalue weighted by molar-refractivity contribution is 5.89. The number of nitrogens with zero attached hydrogens (tertiary/aromatic N) is 1. The Bertz CT molecular complexity index is 493. The summed E-state index contributed by atoms with van der Waals surface area (Å²) in [6.07, 6.45) is 0. The number of likely N-dealkylation sites (N-methyl/N-ethyl adjacent to an activating group) is 1. The van der Waals surface area contributed by atoms with Gasteiger partial charge in [0.25, 0.3) is 0 Å². The van der Waals surface area contributed by atoms with E-state index in [0.29, 0.717) is 18.8 Å². The van der Waals surface area contributed by atoms with Crippen LogP contribution in [0.5, 0.6) is 0 Å². The molecule has 1 rings (SSSR count). The summed E-state index contributed by atoms with van der Waals surface area (Å²) in [4.78, 5) is 23.6. The zero-order valence-corrected chi connectivity index (χ0v) is 11.4. The standard InChI is InChI=1S/C14H18N2O3/c1-4-19-14(10-17)9-16(3)13-7-5-6-12(8-13)15-11(2)18/h5-8H,4,9H2,1-3H3,(H,15,18). The van der Waals surface area contributed by atoms with Gasteiger partial charge in [-0.2, -0.15) is 0 Å². The molecule has 0 aliphatic carbocycles. The van der Waals surface area contributed by atoms with E-state index in [-0.39, 0.29) is 11.7 Å². The van der Waals surface area contributed by atoms with Crippen molar-refractivity contribution in [3.05, 3.63) is 30.0 Å². The van der Waals surface area contributed by atoms with Crippen LogP contribution >= 0.6 is 0 Å². The van der Waals surface area contributed by atoms with Crippen LogP contribution in [0.1, 0.15) is 13.8 Å². The predicted octanol–water partition coefficient (Wildman–Crippen LogP) is 1.83. The molecule has 19 heavy (non-hydrogen) atoms. The Labute approximate surface area is 112 Å². The first-order chi connectivity index (χ1) is 9.06. The summed E-state index contributed by atoms with van der Waals surface area (Å²) < 4.78 is 5.16. The maximum Gasteiger partial charge on any atom is 0.221 e. The zero-order valence-electron chi connectivity index (χ0n) is 11.4. The number of rotatable bonds is 6. The molecule has 1 N–H and O–H groups in total. The summed E-state index contributed by atoms with van der Waals surface area (Å²) in [5.41, 5.74) is 1.59. The summed E-state index contributed by atoms with van der Waals surface area (Å²) in [5.74, 6) is 1.92. The SMILES string of the molecule is CCOC(=C=O)CN(C)c1cccc(NC(C)=O)c1. The van der Waals surface area contributed by atoms with Crippen molar-refractivity contribution in [3.8, 4) is 0 Å². The van der Waals surface area contributed by atoms with E-state index in [1.54, 1.807) is 12.0 Å². The van der Waals surface area contributed by atoms with Crippen LogP contribution in [0.2, 0.25) is 0 Å². The van der Waals surface area contributed by atoms with Gasteiger partial charge in [0, 0.05) is 25.3 Å². The molecule has 0 spiro atoms. The fraction of sp³-hybridized carbons (Fsp3) is 0.357. The minimum Gasteiger partial charge on any atom is -0.485 e. The van der Waals surface area contributed by atoms with Gasteiger partial charge in [0.1, 0.15) is 0 Å². The molecule has 0 saturated heterocycles. The number of hydrogen-bond donors (Lipinski definition) is 1. The maximum absolute atomic E-state index is 11.0. The molecule has 1 aromatic carbocycles. The number of amides is 1. The second kappa shape index (κ2) is 7.24. The first-order valence-corrected chi connectivity index (χ1v) is 6.02. The van der Waals surface area contributed by atoms with Crippen molar-refractivity contribution in [1.29, 1.82) is 0 Å². The molecule has 0 aliphatic rings. The van der Waals surface area contributed by atoms with E-state index in [1.165, 1.54) is 6.92 Å². The van der Waals surface area contributed by atoms with Crippen LogP contribution in [0.25, 0.3) is 0 Å². The Morgan fingerprint density at radius 2 is 2.21 bits per heavy atom. The number of anilines is 2. The van der Waals surface area contributed by atoms with Gasteiger partial charge in [0.15, 0.2) is 11.7 Å². The van der Waals surface area contributed by atoms with Crippen molar-refractivity contribution in [3.63, 3.8) is 0 Å². The van der Waals surface area contributed by atoms with Gasteiger partial charge in [0.05, 0.1) is 13.2 Å². The van der Waals surface area contributed by atoms with Crippen molar-refractivity contribution in [2.75, 3.05) is 30.4 Å². The van der Waals surface area contributed by atoms with Crippen LogP contribution in [-0.2, 0) is 14.3 Å². The Hall–Kier alpha value is -2.26. The van der Waals surface area contributed by atoms with E-state index in [1.807, 2.05) is 37.1 Å². The fourth-order valence-electron chi connectivity index (χ4n) is 1.61. The van der Waals surface area contributed by atoms with E-state index in [4.69, 9.17) is 4.74 Å². The second-order valence-electron chi connectivity index (χ2n) is 4.05. The molecule has 0 unspecified atom stereocenters. The molecule has 1 aromatic rings. The number of hydrogen-bond acceptors (Lipinski definition) is 4. The number of benzene rings is 1. The van der Waals surface area contributed by atoms with Crippen LogP contribution in [0.15, 0.2) is 30.0 Å². The van der Waals surface area contributed by atoms with Gasteiger partial charge in [0.2, 0.25) is 5.91 Å². The topological polar surface area (TPSA) is 58.6 Å². The van der Waals surface area contributed by atoms with Crippen molar-refractivity contribution in [2.24, 2.45) is 0 Å². The number of carbonyl (C=O) groups excluding carboxylic acids is 2. The number of carbonyl (C=O) groups is 1. The largest absolute Gasteiger partial charge is 0.485 e. The maximum atomic E-state index is 11.0. The predicted molar refractivity (Wildman–Crippen MR) is 74.8 cm³/mol. The van der Waals surface area contributed by atoms with E-state index >= 15 is 0 Å². The highest BCUT2D eigenvalue weighted by Crippen LogP contribution is 2.19. The molecule has 0 aromatic heterocycles. The molecular weight excluding hydrogens is 244 g/mol. The molecule has 1 amide bonds. The van der Waals surface area contributed by atoms with Crippen molar-refractivity contribution in [1.82, 2.24) is 0 Å². The summed E-state index contributed by atoms with van der Waals surface area (Å²) in [7, 11) is 1.84. The molecule has 0 bridgehead atoms. The van der Waals surface area contributed by atoms with Gasteiger partial charge >= 0.3 is 0 Å². The van der Waals surface area contributed by atoms with Crippen molar-refractivity contribution in [2.45, 2.75) is 13.8 Å². The van der Waals surface area contributed by atoms with Gasteiger partial charge < -0.3 is 15.0 Å². The van der Waals surface area contributed by atoms with Crippen LogP contribution < -0.4 is 10.2 Å². The number of ether oxygens (including phenoxy) is 1. The molecule has 5 nitrogen and oxygen atoms in total. The molecular formula is C14H18N2O3. The summed E-state index contributed by atoms with van der Waals surface area (Å²) in [6.45, 7) is 4.04. The second-order valence-corrected chi connectivity index (χ2v) is 4.05. The average Bonchev–Trinajstić information content (AvgIpc) is 2.37. The van der Waals surface area contributed by atoms with Crippen molar-refractivity contribution >= 4 is 23.2 Å². The molecule has 102 valence electrons. The van der Waals surface area contributed by atoms with E-state index in [2.05, 4.69) is 5.32 Å². The Morgan fingerprint density at radius 3 is 2.79 bits per heavy atom. The highest BCUT2D eigenvalue weighted by atomic mass is 16.5. The Kier molecular flexibility index (Phi) is 5.64. The molecule has 0 aliphatic heterocycles. The first kappa shape index (κ1) is 14.8. The summed E-state index contributed by atoms with van der Waals surface area (Å²) >= 11 is 0. The molecule has 0 radical (unpaired) electrons. The lowest BCUT2D eigenvalue weighted by atomic mass is 10.2. The highest BCUT2D eigenvalue weighted by Gasteiger charge is 2.07. The van der Waals surface area contributed by atoms with E-state index < -0.39 is 0 Å². The quantitative estimate of drug-likeness (QED) is 0.627. The lowest BCUT2D eigenvalue weighted by Gasteiger charge is -2.20. The average molecular weight is 262 g/mol. The Balaban J connectivity index is 2.79. The van der Waals surface area contributed by atoms with Crippen LogP contribution in [-0.4, -0.2) is 32.0 Å². The third kappa shape index (κ3) is 4.85. The third-order valence-electron chi connectivity index (χ3n) is 2.42. The molecule has 0 fully saturated rings. The molecule has 0 heterocycles. The summed E-state index contributed by atoms with van der Waals surface area (Å²) in [5, 5.41) is 2.71. The van der Waals surface area contributed by atoms with Gasteiger partial charge in [-0.3, -0.25) is 4.79 Å². The normalized spacial score (nSPS) is 9.42. The smallest absolute Gasteiger partial charge is 0.221 e. The lowest BCUT2D eigenvalue weighted by Crippen LogP contribution is -2.22. The van der Waals surface area contributed by atoms with Gasteiger partial charge in [-0.15, -0.1) is 0 Å². The monoisotopic (exact) mass is 262 g/mol. The van der Waals surface area contributed by atoms with Gasteiger partial charge in [-0.05, 0) is 25.1 Å². The van der Waals surface area contributed by atoms with E-state index in [9.17, 15) is 9.59 Å². The molecule has 0 atom stereocenters. The fourth-order valence-corrected chi connectivity index (χ4v) is 1.61. The molecule has 0 saturated carbocycles. The summed E-state index contributed by atoms with van der Waals surface area (Å²) in [6, 6.07) is 7.36. The lowest BCUT2D eigenvalue weighted by molar-refractivity contribution is -0.114. The van der Waals surface area contributed by atoms with Crippen LogP contribution in [0.3, 0.4) is 0 Å².